The van der Waals surface area contributed by atoms with E-state index in [0.29, 0.717) is 0 Å². The van der Waals surface area contributed by atoms with E-state index in [9.17, 15) is 0 Å². The first kappa shape index (κ1) is 29.5. The number of aromatic nitrogens is 6. The fourth-order valence-electron chi connectivity index (χ4n) is 8.56. The second kappa shape index (κ2) is 11.2. The highest BCUT2D eigenvalue weighted by Crippen LogP contribution is 2.43. The van der Waals surface area contributed by atoms with E-state index in [-0.39, 0.29) is 0 Å². The van der Waals surface area contributed by atoms with Gasteiger partial charge in [0.05, 0.1) is 43.7 Å². The number of benzene rings is 6. The smallest absolute Gasteiger partial charge is 0.197 e. The number of pyridine rings is 2. The second-order valence-electron chi connectivity index (χ2n) is 13.7. The Morgan fingerprint density at radius 2 is 1.07 bits per heavy atom. The Morgan fingerprint density at radius 1 is 0.444 bits per heavy atom. The Hall–Kier alpha value is -7.09. The van der Waals surface area contributed by atoms with Gasteiger partial charge in [0.1, 0.15) is 5.52 Å². The highest BCUT2D eigenvalue weighted by atomic mass is 32.1. The molecule has 0 saturated heterocycles. The van der Waals surface area contributed by atoms with Crippen molar-refractivity contribution in [1.29, 1.82) is 0 Å². The van der Waals surface area contributed by atoms with Crippen LogP contribution in [0.1, 0.15) is 0 Å². The van der Waals surface area contributed by atoms with E-state index in [4.69, 9.17) is 9.97 Å². The van der Waals surface area contributed by atoms with Crippen molar-refractivity contribution < 1.29 is 0 Å². The highest BCUT2D eigenvalue weighted by Gasteiger charge is 2.22. The van der Waals surface area contributed by atoms with Gasteiger partial charge >= 0.3 is 0 Å². The van der Waals surface area contributed by atoms with Gasteiger partial charge in [-0.15, -0.1) is 0 Å². The van der Waals surface area contributed by atoms with Crippen LogP contribution < -0.4 is 0 Å². The lowest BCUT2D eigenvalue weighted by molar-refractivity contribution is 1.17. The van der Waals surface area contributed by atoms with Crippen molar-refractivity contribution in [1.82, 2.24) is 28.5 Å². The van der Waals surface area contributed by atoms with E-state index >= 15 is 0 Å². The molecule has 0 amide bonds. The topological polar surface area (TPSA) is 52.9 Å². The molecule has 0 atom stereocenters. The summed E-state index contributed by atoms with van der Waals surface area (Å²) in [6.07, 6.45) is 3.73. The molecule has 0 fully saturated rings. The average Bonchev–Trinajstić information content (AvgIpc) is 3.97. The Bertz CT molecular complexity index is 3420. The maximum absolute atomic E-state index is 5.03. The second-order valence-corrected chi connectivity index (χ2v) is 14.6. The fraction of sp³-hybridized carbons (Fsp3) is 0. The molecule has 0 bridgehead atoms. The van der Waals surface area contributed by atoms with Gasteiger partial charge in [-0.3, -0.25) is 9.38 Å². The summed E-state index contributed by atoms with van der Waals surface area (Å²) in [5.41, 5.74) is 14.1. The van der Waals surface area contributed by atoms with Crippen LogP contribution in [-0.4, -0.2) is 28.5 Å². The van der Waals surface area contributed by atoms with E-state index in [1.807, 2.05) is 24.5 Å². The van der Waals surface area contributed by atoms with Gasteiger partial charge in [0.25, 0.3) is 0 Å². The van der Waals surface area contributed by atoms with Crippen molar-refractivity contribution in [3.63, 3.8) is 0 Å². The van der Waals surface area contributed by atoms with Gasteiger partial charge < -0.3 is 9.13 Å². The maximum Gasteiger partial charge on any atom is 0.197 e. The van der Waals surface area contributed by atoms with Crippen LogP contribution in [0.3, 0.4) is 0 Å². The van der Waals surface area contributed by atoms with Crippen LogP contribution in [0.15, 0.2) is 170 Å². The Labute approximate surface area is 312 Å². The molecular weight excluding hydrogens is 681 g/mol. The van der Waals surface area contributed by atoms with Crippen molar-refractivity contribution in [2.45, 2.75) is 0 Å². The number of rotatable bonds is 4. The molecule has 54 heavy (non-hydrogen) atoms. The summed E-state index contributed by atoms with van der Waals surface area (Å²) in [7, 11) is 0. The number of para-hydroxylation sites is 4. The predicted molar refractivity (Wildman–Crippen MR) is 223 cm³/mol. The standard InChI is InChI=1S/C47H28N6S/c1-2-17-35(44-45-43(25-27-48-44)53-46-37(18-11-26-49-46)50-47(53)54-45)30(12-1)31-13-3-9-21-40(31)52-41-22-10-6-16-34(41)36-28-29(23-24-42(36)52)51-38-19-7-4-14-32(38)33-15-5-8-20-39(33)51/h1-28H. The SMILES string of the molecule is c1ccc(-c2nccc3c2sc2nc4cccnc4n23)c(-c2ccccc2-n2c3ccccc3c3cc(-n4c5ccccc5c5ccccc54)ccc32)c1. The first-order chi connectivity index (χ1) is 26.8. The summed E-state index contributed by atoms with van der Waals surface area (Å²) in [6, 6.07) is 56.5. The summed E-state index contributed by atoms with van der Waals surface area (Å²) in [6.45, 7) is 0. The zero-order valence-electron chi connectivity index (χ0n) is 28.8. The Kier molecular flexibility index (Phi) is 6.12. The van der Waals surface area contributed by atoms with Gasteiger partial charge in [0.2, 0.25) is 0 Å². The molecule has 7 heteroatoms. The van der Waals surface area contributed by atoms with E-state index < -0.39 is 0 Å². The molecule has 6 aromatic carbocycles. The normalized spacial score (nSPS) is 12.1. The number of hydrogen-bond donors (Lipinski definition) is 0. The number of hydrogen-bond acceptors (Lipinski definition) is 4. The molecule has 12 rings (SSSR count). The fourth-order valence-corrected chi connectivity index (χ4v) is 9.68. The molecule has 252 valence electrons. The van der Waals surface area contributed by atoms with Crippen molar-refractivity contribution in [2.75, 3.05) is 0 Å². The molecule has 0 unspecified atom stereocenters. The van der Waals surface area contributed by atoms with E-state index in [2.05, 4.69) is 164 Å². The van der Waals surface area contributed by atoms with Gasteiger partial charge in [0.15, 0.2) is 10.6 Å². The average molecular weight is 709 g/mol. The van der Waals surface area contributed by atoms with Gasteiger partial charge in [-0.05, 0) is 66.2 Å². The molecule has 0 aliphatic heterocycles. The van der Waals surface area contributed by atoms with Crippen LogP contribution in [0.5, 0.6) is 0 Å². The lowest BCUT2D eigenvalue weighted by atomic mass is 9.95. The molecule has 0 saturated carbocycles. The van der Waals surface area contributed by atoms with Crippen molar-refractivity contribution in [3.05, 3.63) is 170 Å². The summed E-state index contributed by atoms with van der Waals surface area (Å²) in [5.74, 6) is 0. The molecule has 0 N–H and O–H groups in total. The molecule has 0 aliphatic carbocycles. The lowest BCUT2D eigenvalue weighted by Crippen LogP contribution is -1.99. The molecular formula is C47H28N6S. The number of thiazole rings is 1. The maximum atomic E-state index is 5.03. The molecule has 0 aliphatic rings. The summed E-state index contributed by atoms with van der Waals surface area (Å²) < 4.78 is 8.07. The summed E-state index contributed by atoms with van der Waals surface area (Å²) >= 11 is 1.66. The Balaban J connectivity index is 1.08. The number of imidazole rings is 1. The van der Waals surface area contributed by atoms with Gasteiger partial charge in [0, 0.05) is 50.8 Å². The van der Waals surface area contributed by atoms with Crippen LogP contribution in [0.2, 0.25) is 0 Å². The molecule has 0 spiro atoms. The van der Waals surface area contributed by atoms with Crippen LogP contribution >= 0.6 is 11.3 Å². The minimum atomic E-state index is 0.863. The minimum absolute atomic E-state index is 0.863. The Morgan fingerprint density at radius 3 is 1.85 bits per heavy atom. The largest absolute Gasteiger partial charge is 0.309 e. The third-order valence-electron chi connectivity index (χ3n) is 10.8. The van der Waals surface area contributed by atoms with Crippen LogP contribution in [0.4, 0.5) is 0 Å². The third-order valence-corrected chi connectivity index (χ3v) is 11.9. The van der Waals surface area contributed by atoms with Crippen LogP contribution in [-0.2, 0) is 0 Å². The molecule has 12 aromatic rings. The number of nitrogens with zero attached hydrogens (tertiary/aromatic N) is 6. The van der Waals surface area contributed by atoms with Crippen molar-refractivity contribution in [3.8, 4) is 33.8 Å². The van der Waals surface area contributed by atoms with Gasteiger partial charge in [-0.2, -0.15) is 0 Å². The molecule has 0 radical (unpaired) electrons. The summed E-state index contributed by atoms with van der Waals surface area (Å²) in [4.78, 5) is 15.5. The molecule has 6 nitrogen and oxygen atoms in total. The lowest BCUT2D eigenvalue weighted by Gasteiger charge is -2.17. The van der Waals surface area contributed by atoms with E-state index in [1.165, 1.54) is 32.6 Å². The monoisotopic (exact) mass is 708 g/mol. The minimum Gasteiger partial charge on any atom is -0.309 e. The first-order valence-electron chi connectivity index (χ1n) is 18.0. The zero-order valence-corrected chi connectivity index (χ0v) is 29.6. The van der Waals surface area contributed by atoms with Gasteiger partial charge in [-0.1, -0.05) is 108 Å². The number of fused-ring (bicyclic) bond motifs is 11. The third kappa shape index (κ3) is 4.07. The quantitative estimate of drug-likeness (QED) is 0.183. The predicted octanol–water partition coefficient (Wildman–Crippen LogP) is 12.0. The molecule has 6 heterocycles. The van der Waals surface area contributed by atoms with Crippen LogP contribution in [0.25, 0.3) is 104 Å². The summed E-state index contributed by atoms with van der Waals surface area (Å²) in [5, 5.41) is 4.94. The zero-order chi connectivity index (χ0) is 35.3. The van der Waals surface area contributed by atoms with Crippen molar-refractivity contribution >= 4 is 81.3 Å². The van der Waals surface area contributed by atoms with Gasteiger partial charge in [-0.25, -0.2) is 9.97 Å². The van der Waals surface area contributed by atoms with E-state index in [1.54, 1.807) is 11.3 Å². The first-order valence-corrected chi connectivity index (χ1v) is 18.9. The van der Waals surface area contributed by atoms with Crippen LogP contribution in [0, 0.1) is 0 Å². The molecule has 6 aromatic heterocycles. The highest BCUT2D eigenvalue weighted by molar-refractivity contribution is 7.24. The van der Waals surface area contributed by atoms with Crippen molar-refractivity contribution in [2.24, 2.45) is 0 Å². The van der Waals surface area contributed by atoms with E-state index in [0.717, 1.165) is 71.1 Å².